The van der Waals surface area contributed by atoms with Crippen molar-refractivity contribution >= 4 is 22.8 Å². The molecule has 0 atom stereocenters. The number of aromatic nitrogens is 2. The summed E-state index contributed by atoms with van der Waals surface area (Å²) in [4.78, 5) is 16.5. The second-order valence-electron chi connectivity index (χ2n) is 7.18. The molecular formula is C24H23N5O3. The highest BCUT2D eigenvalue weighted by atomic mass is 16.5. The number of benzene rings is 3. The van der Waals surface area contributed by atoms with Crippen molar-refractivity contribution in [2.45, 2.75) is 13.5 Å². The molecule has 162 valence electrons. The molecule has 0 aliphatic heterocycles. The molecule has 0 spiro atoms. The van der Waals surface area contributed by atoms with Crippen molar-refractivity contribution in [1.29, 1.82) is 0 Å². The number of amides is 1. The lowest BCUT2D eigenvalue weighted by Crippen LogP contribution is -2.14. The minimum atomic E-state index is -0.519. The number of para-hydroxylation sites is 1. The smallest absolute Gasteiger partial charge is 0.297 e. The van der Waals surface area contributed by atoms with Gasteiger partial charge in [0.2, 0.25) is 0 Å². The largest absolute Gasteiger partial charge is 0.465 e. The maximum absolute atomic E-state index is 12.0. The lowest BCUT2D eigenvalue weighted by atomic mass is 9.98. The van der Waals surface area contributed by atoms with Crippen LogP contribution in [-0.2, 0) is 6.54 Å². The Morgan fingerprint density at radius 2 is 1.75 bits per heavy atom. The van der Waals surface area contributed by atoms with E-state index >= 15 is 0 Å². The highest BCUT2D eigenvalue weighted by Crippen LogP contribution is 2.28. The van der Waals surface area contributed by atoms with Crippen LogP contribution in [0.3, 0.4) is 0 Å². The molecule has 1 heterocycles. The molecule has 4 aromatic rings. The summed E-state index contributed by atoms with van der Waals surface area (Å²) in [5, 5.41) is 12.2. The molecule has 0 fully saturated rings. The van der Waals surface area contributed by atoms with E-state index in [1.165, 1.54) is 0 Å². The highest BCUT2D eigenvalue weighted by molar-refractivity contribution is 6.04. The van der Waals surface area contributed by atoms with Gasteiger partial charge < -0.3 is 21.4 Å². The number of rotatable bonds is 7. The average Bonchev–Trinajstić information content (AvgIpc) is 3.16. The Morgan fingerprint density at radius 1 is 1.03 bits per heavy atom. The number of nitrogens with zero attached hydrogens (tertiary/aromatic N) is 3. The van der Waals surface area contributed by atoms with E-state index in [-0.39, 0.29) is 5.84 Å². The van der Waals surface area contributed by atoms with E-state index in [9.17, 15) is 4.79 Å². The molecule has 8 nitrogen and oxygen atoms in total. The summed E-state index contributed by atoms with van der Waals surface area (Å²) in [6.45, 7) is 2.77. The molecule has 4 rings (SSSR count). The quantitative estimate of drug-likeness (QED) is 0.180. The van der Waals surface area contributed by atoms with E-state index in [0.29, 0.717) is 41.3 Å². The number of hydrogen-bond donors (Lipinski definition) is 3. The van der Waals surface area contributed by atoms with Crippen LogP contribution in [0, 0.1) is 0 Å². The maximum atomic E-state index is 12.0. The number of carbonyl (C=O) groups excluding carboxylic acids is 1. The molecule has 1 amide bonds. The molecule has 0 aliphatic carbocycles. The summed E-state index contributed by atoms with van der Waals surface area (Å²) in [6.07, 6.45) is 0. The number of hydrogen-bond acceptors (Lipinski definition) is 5. The Kier molecular flexibility index (Phi) is 5.76. The zero-order chi connectivity index (χ0) is 22.7. The van der Waals surface area contributed by atoms with Crippen molar-refractivity contribution in [3.05, 3.63) is 83.4 Å². The van der Waals surface area contributed by atoms with Crippen LogP contribution in [0.4, 0.5) is 0 Å². The zero-order valence-electron chi connectivity index (χ0n) is 17.5. The van der Waals surface area contributed by atoms with E-state index in [1.807, 2.05) is 60.0 Å². The van der Waals surface area contributed by atoms with Gasteiger partial charge in [-0.1, -0.05) is 59.8 Å². The first-order valence-corrected chi connectivity index (χ1v) is 10.1. The number of fused-ring (bicyclic) bond motifs is 1. The lowest BCUT2D eigenvalue weighted by molar-refractivity contribution is 0.100. The summed E-state index contributed by atoms with van der Waals surface area (Å²) in [7, 11) is 0. The number of ether oxygens (including phenoxy) is 1. The number of carbonyl (C=O) groups is 1. The Bertz CT molecular complexity index is 1310. The van der Waals surface area contributed by atoms with Crippen molar-refractivity contribution in [1.82, 2.24) is 9.55 Å². The minimum Gasteiger partial charge on any atom is -0.465 e. The fourth-order valence-corrected chi connectivity index (χ4v) is 3.73. The molecule has 0 radical (unpaired) electrons. The predicted octanol–water partition coefficient (Wildman–Crippen LogP) is 3.34. The maximum Gasteiger partial charge on any atom is 0.297 e. The van der Waals surface area contributed by atoms with Crippen molar-refractivity contribution in [2.75, 3.05) is 6.61 Å². The number of amidine groups is 1. The molecule has 3 aromatic carbocycles. The first-order valence-electron chi connectivity index (χ1n) is 10.1. The van der Waals surface area contributed by atoms with E-state index in [2.05, 4.69) is 10.1 Å². The number of oxime groups is 1. The standard InChI is InChI=1S/C24H23N5O3/c1-2-32-24-27-20-9-5-8-19(23(26)30)21(20)29(24)14-15-10-12-16(13-11-15)17-6-3-4-7-18(17)22(25)28-31/h3-13,31H,2,14H2,1H3,(H2,25,28)(H2,26,30). The normalized spacial score (nSPS) is 11.6. The van der Waals surface area contributed by atoms with Crippen LogP contribution in [0.5, 0.6) is 6.01 Å². The molecule has 0 unspecified atom stereocenters. The topological polar surface area (TPSA) is 129 Å². The van der Waals surface area contributed by atoms with E-state index in [1.54, 1.807) is 18.2 Å². The summed E-state index contributed by atoms with van der Waals surface area (Å²) < 4.78 is 7.58. The van der Waals surface area contributed by atoms with Crippen molar-refractivity contribution < 1.29 is 14.7 Å². The molecule has 32 heavy (non-hydrogen) atoms. The third-order valence-corrected chi connectivity index (χ3v) is 5.19. The van der Waals surface area contributed by atoms with Crippen LogP contribution in [0.15, 0.2) is 71.9 Å². The Morgan fingerprint density at radius 3 is 2.44 bits per heavy atom. The van der Waals surface area contributed by atoms with Gasteiger partial charge >= 0.3 is 0 Å². The van der Waals surface area contributed by atoms with Gasteiger partial charge in [0.15, 0.2) is 5.84 Å². The second kappa shape index (κ2) is 8.81. The highest BCUT2D eigenvalue weighted by Gasteiger charge is 2.18. The zero-order valence-corrected chi connectivity index (χ0v) is 17.5. The summed E-state index contributed by atoms with van der Waals surface area (Å²) in [5.74, 6) is -0.468. The third-order valence-electron chi connectivity index (χ3n) is 5.19. The van der Waals surface area contributed by atoms with E-state index in [4.69, 9.17) is 21.4 Å². The Balaban J connectivity index is 1.74. The molecule has 1 aromatic heterocycles. The first-order chi connectivity index (χ1) is 15.5. The van der Waals surface area contributed by atoms with E-state index < -0.39 is 5.91 Å². The molecule has 0 saturated heterocycles. The Hall–Kier alpha value is -4.33. The van der Waals surface area contributed by atoms with Gasteiger partial charge in [-0.3, -0.25) is 9.36 Å². The number of nitrogens with two attached hydrogens (primary N) is 2. The molecule has 8 heteroatoms. The number of imidazole rings is 1. The minimum absolute atomic E-state index is 0.0508. The fraction of sp³-hybridized carbons (Fsp3) is 0.125. The first kappa shape index (κ1) is 20.9. The molecule has 0 bridgehead atoms. The van der Waals surface area contributed by atoms with E-state index in [0.717, 1.165) is 16.7 Å². The van der Waals surface area contributed by atoms with Gasteiger partial charge in [0.1, 0.15) is 0 Å². The molecular weight excluding hydrogens is 406 g/mol. The van der Waals surface area contributed by atoms with Crippen LogP contribution >= 0.6 is 0 Å². The third kappa shape index (κ3) is 3.85. The van der Waals surface area contributed by atoms with Gasteiger partial charge in [-0.25, -0.2) is 0 Å². The van der Waals surface area contributed by atoms with Crippen LogP contribution < -0.4 is 16.2 Å². The molecule has 5 N–H and O–H groups in total. The van der Waals surface area contributed by atoms with Crippen molar-refractivity contribution in [3.8, 4) is 17.1 Å². The van der Waals surface area contributed by atoms with Gasteiger partial charge in [-0.2, -0.15) is 4.98 Å². The van der Waals surface area contributed by atoms with Crippen LogP contribution in [-0.4, -0.2) is 33.1 Å². The SMILES string of the molecule is CCOc1nc2cccc(C(N)=O)c2n1Cc1ccc(-c2ccccc2/C(N)=N\O)cc1. The van der Waals surface area contributed by atoms with Gasteiger partial charge in [0, 0.05) is 5.56 Å². The summed E-state index contributed by atoms with van der Waals surface area (Å²) >= 11 is 0. The van der Waals surface area contributed by atoms with Crippen LogP contribution in [0.25, 0.3) is 22.2 Å². The average molecular weight is 429 g/mol. The van der Waals surface area contributed by atoms with Gasteiger partial charge in [-0.05, 0) is 35.7 Å². The number of primary amides is 1. The summed E-state index contributed by atoms with van der Waals surface area (Å²) in [5.41, 5.74) is 16.5. The van der Waals surface area contributed by atoms with Crippen molar-refractivity contribution in [3.63, 3.8) is 0 Å². The van der Waals surface area contributed by atoms with Gasteiger partial charge in [0.05, 0.1) is 29.7 Å². The fourth-order valence-electron chi connectivity index (χ4n) is 3.73. The monoisotopic (exact) mass is 429 g/mol. The van der Waals surface area contributed by atoms with Crippen molar-refractivity contribution in [2.24, 2.45) is 16.6 Å². The van der Waals surface area contributed by atoms with Gasteiger partial charge in [0.25, 0.3) is 11.9 Å². The second-order valence-corrected chi connectivity index (χ2v) is 7.18. The lowest BCUT2D eigenvalue weighted by Gasteiger charge is -2.12. The van der Waals surface area contributed by atoms with Crippen LogP contribution in [0.2, 0.25) is 0 Å². The Labute approximate surface area is 184 Å². The summed E-state index contributed by atoms with van der Waals surface area (Å²) in [6, 6.07) is 21.0. The van der Waals surface area contributed by atoms with Crippen LogP contribution in [0.1, 0.15) is 28.4 Å². The predicted molar refractivity (Wildman–Crippen MR) is 123 cm³/mol. The molecule has 0 aliphatic rings. The van der Waals surface area contributed by atoms with Gasteiger partial charge in [-0.15, -0.1) is 0 Å². The molecule has 0 saturated carbocycles.